The van der Waals surface area contributed by atoms with Crippen molar-refractivity contribution in [2.75, 3.05) is 0 Å². The minimum Gasteiger partial charge on any atom is -0.490 e. The highest BCUT2D eigenvalue weighted by Gasteiger charge is 2.14. The molecule has 1 saturated carbocycles. The molecule has 2 aromatic rings. The molecule has 0 bridgehead atoms. The zero-order chi connectivity index (χ0) is 12.9. The van der Waals surface area contributed by atoms with Crippen molar-refractivity contribution in [1.29, 1.82) is 0 Å². The number of hydrogen-bond donors (Lipinski definition) is 0. The summed E-state index contributed by atoms with van der Waals surface area (Å²) in [6.07, 6.45) is 6.84. The van der Waals surface area contributed by atoms with E-state index in [1.54, 1.807) is 0 Å². The average molecular weight is 252 g/mol. The molecule has 0 atom stereocenters. The number of benzene rings is 2. The van der Waals surface area contributed by atoms with Gasteiger partial charge in [-0.15, -0.1) is 0 Å². The van der Waals surface area contributed by atoms with Gasteiger partial charge in [-0.2, -0.15) is 0 Å². The summed E-state index contributed by atoms with van der Waals surface area (Å²) >= 11 is 0. The highest BCUT2D eigenvalue weighted by atomic mass is 16.5. The highest BCUT2D eigenvalue weighted by Crippen LogP contribution is 2.26. The summed E-state index contributed by atoms with van der Waals surface area (Å²) in [5, 5.41) is 0. The Kier molecular flexibility index (Phi) is 3.83. The lowest BCUT2D eigenvalue weighted by molar-refractivity contribution is 0.155. The van der Waals surface area contributed by atoms with Gasteiger partial charge in [0.1, 0.15) is 5.75 Å². The summed E-state index contributed by atoms with van der Waals surface area (Å²) in [5.41, 5.74) is 2.50. The van der Waals surface area contributed by atoms with Crippen LogP contribution in [0.25, 0.3) is 11.1 Å². The average Bonchev–Trinajstić information content (AvgIpc) is 2.50. The van der Waals surface area contributed by atoms with Gasteiger partial charge in [0.25, 0.3) is 0 Å². The SMILES string of the molecule is c1ccc(-c2ccc(OC3CCCCC3)cc2)cc1. The van der Waals surface area contributed by atoms with Gasteiger partial charge in [-0.1, -0.05) is 48.9 Å². The minimum absolute atomic E-state index is 0.427. The Morgan fingerprint density at radius 1 is 0.684 bits per heavy atom. The molecule has 0 heterocycles. The smallest absolute Gasteiger partial charge is 0.119 e. The summed E-state index contributed by atoms with van der Waals surface area (Å²) in [6, 6.07) is 18.9. The first-order valence-electron chi connectivity index (χ1n) is 7.24. The van der Waals surface area contributed by atoms with E-state index in [4.69, 9.17) is 4.74 Å². The zero-order valence-corrected chi connectivity index (χ0v) is 11.2. The third-order valence-corrected chi connectivity index (χ3v) is 3.82. The Labute approximate surface area is 115 Å². The Morgan fingerprint density at radius 2 is 1.32 bits per heavy atom. The van der Waals surface area contributed by atoms with Crippen LogP contribution in [0.4, 0.5) is 0 Å². The van der Waals surface area contributed by atoms with Crippen molar-refractivity contribution in [3.05, 3.63) is 54.6 Å². The van der Waals surface area contributed by atoms with E-state index in [2.05, 4.69) is 48.5 Å². The highest BCUT2D eigenvalue weighted by molar-refractivity contribution is 5.63. The van der Waals surface area contributed by atoms with Crippen LogP contribution in [0, 0.1) is 0 Å². The van der Waals surface area contributed by atoms with E-state index in [0.29, 0.717) is 6.10 Å². The van der Waals surface area contributed by atoms with Gasteiger partial charge < -0.3 is 4.74 Å². The molecule has 0 radical (unpaired) electrons. The number of ether oxygens (including phenoxy) is 1. The monoisotopic (exact) mass is 252 g/mol. The maximum atomic E-state index is 6.05. The van der Waals surface area contributed by atoms with Gasteiger partial charge in [0.05, 0.1) is 6.10 Å². The molecule has 0 saturated heterocycles. The summed E-state index contributed by atoms with van der Waals surface area (Å²) in [5.74, 6) is 1.01. The second-order valence-corrected chi connectivity index (χ2v) is 5.27. The molecule has 19 heavy (non-hydrogen) atoms. The standard InChI is InChI=1S/C18H20O/c1-3-7-15(8-4-1)16-11-13-18(14-12-16)19-17-9-5-2-6-10-17/h1,3-4,7-8,11-14,17H,2,5-6,9-10H2. The van der Waals surface area contributed by atoms with Crippen molar-refractivity contribution in [3.63, 3.8) is 0 Å². The molecule has 0 aromatic heterocycles. The van der Waals surface area contributed by atoms with Gasteiger partial charge >= 0.3 is 0 Å². The molecular formula is C18H20O. The second kappa shape index (κ2) is 5.92. The molecule has 98 valence electrons. The third-order valence-electron chi connectivity index (χ3n) is 3.82. The van der Waals surface area contributed by atoms with Crippen LogP contribution in [-0.4, -0.2) is 6.10 Å². The summed E-state index contributed by atoms with van der Waals surface area (Å²) in [4.78, 5) is 0. The topological polar surface area (TPSA) is 9.23 Å². The van der Waals surface area contributed by atoms with Crippen LogP contribution in [0.2, 0.25) is 0 Å². The first-order chi connectivity index (χ1) is 9.42. The van der Waals surface area contributed by atoms with Crippen molar-refractivity contribution >= 4 is 0 Å². The Hall–Kier alpha value is -1.76. The van der Waals surface area contributed by atoms with Crippen molar-refractivity contribution < 1.29 is 4.74 Å². The van der Waals surface area contributed by atoms with Crippen molar-refractivity contribution in [1.82, 2.24) is 0 Å². The first-order valence-corrected chi connectivity index (χ1v) is 7.24. The lowest BCUT2D eigenvalue weighted by Crippen LogP contribution is -2.19. The molecule has 0 N–H and O–H groups in total. The van der Waals surface area contributed by atoms with Gasteiger partial charge in [-0.05, 0) is 48.9 Å². The van der Waals surface area contributed by atoms with Crippen molar-refractivity contribution in [3.8, 4) is 16.9 Å². The fraction of sp³-hybridized carbons (Fsp3) is 0.333. The maximum absolute atomic E-state index is 6.05. The fourth-order valence-corrected chi connectivity index (χ4v) is 2.73. The molecule has 1 aliphatic rings. The third kappa shape index (κ3) is 3.17. The van der Waals surface area contributed by atoms with E-state index < -0.39 is 0 Å². The van der Waals surface area contributed by atoms with Crippen LogP contribution in [0.3, 0.4) is 0 Å². The van der Waals surface area contributed by atoms with Crippen LogP contribution in [0.15, 0.2) is 54.6 Å². The zero-order valence-electron chi connectivity index (χ0n) is 11.2. The van der Waals surface area contributed by atoms with Gasteiger partial charge in [0.15, 0.2) is 0 Å². The molecular weight excluding hydrogens is 232 g/mol. The van der Waals surface area contributed by atoms with E-state index in [9.17, 15) is 0 Å². The molecule has 0 aliphatic heterocycles. The maximum Gasteiger partial charge on any atom is 0.119 e. The van der Waals surface area contributed by atoms with E-state index in [1.165, 1.54) is 43.2 Å². The largest absolute Gasteiger partial charge is 0.490 e. The van der Waals surface area contributed by atoms with E-state index in [0.717, 1.165) is 5.75 Å². The van der Waals surface area contributed by atoms with Crippen LogP contribution in [0.1, 0.15) is 32.1 Å². The molecule has 2 aromatic carbocycles. The molecule has 0 spiro atoms. The molecule has 0 unspecified atom stereocenters. The fourth-order valence-electron chi connectivity index (χ4n) is 2.73. The van der Waals surface area contributed by atoms with Gasteiger partial charge in [-0.3, -0.25) is 0 Å². The van der Waals surface area contributed by atoms with Crippen LogP contribution >= 0.6 is 0 Å². The molecule has 1 nitrogen and oxygen atoms in total. The number of rotatable bonds is 3. The molecule has 1 heteroatoms. The van der Waals surface area contributed by atoms with Crippen molar-refractivity contribution in [2.45, 2.75) is 38.2 Å². The van der Waals surface area contributed by atoms with Crippen LogP contribution in [0.5, 0.6) is 5.75 Å². The summed E-state index contributed by atoms with van der Waals surface area (Å²) in [7, 11) is 0. The summed E-state index contributed by atoms with van der Waals surface area (Å²) in [6.45, 7) is 0. The second-order valence-electron chi connectivity index (χ2n) is 5.27. The molecule has 3 rings (SSSR count). The lowest BCUT2D eigenvalue weighted by Gasteiger charge is -2.23. The Balaban J connectivity index is 1.68. The summed E-state index contributed by atoms with van der Waals surface area (Å²) < 4.78 is 6.05. The van der Waals surface area contributed by atoms with Crippen LogP contribution < -0.4 is 4.74 Å². The first kappa shape index (κ1) is 12.3. The van der Waals surface area contributed by atoms with E-state index in [1.807, 2.05) is 6.07 Å². The lowest BCUT2D eigenvalue weighted by atomic mass is 9.98. The predicted octanol–water partition coefficient (Wildman–Crippen LogP) is 5.07. The molecule has 1 aliphatic carbocycles. The minimum atomic E-state index is 0.427. The normalized spacial score (nSPS) is 16.2. The number of hydrogen-bond acceptors (Lipinski definition) is 1. The molecule has 0 amide bonds. The Bertz CT molecular complexity index is 495. The molecule has 1 fully saturated rings. The van der Waals surface area contributed by atoms with Gasteiger partial charge in [-0.25, -0.2) is 0 Å². The van der Waals surface area contributed by atoms with Crippen LogP contribution in [-0.2, 0) is 0 Å². The van der Waals surface area contributed by atoms with Gasteiger partial charge in [0.2, 0.25) is 0 Å². The van der Waals surface area contributed by atoms with Gasteiger partial charge in [0, 0.05) is 0 Å². The predicted molar refractivity (Wildman–Crippen MR) is 79.4 cm³/mol. The van der Waals surface area contributed by atoms with E-state index in [-0.39, 0.29) is 0 Å². The van der Waals surface area contributed by atoms with E-state index >= 15 is 0 Å². The van der Waals surface area contributed by atoms with Crippen molar-refractivity contribution in [2.24, 2.45) is 0 Å². The Morgan fingerprint density at radius 3 is 2.00 bits per heavy atom. The quantitative estimate of drug-likeness (QED) is 0.741.